The maximum absolute atomic E-state index is 2.39. The summed E-state index contributed by atoms with van der Waals surface area (Å²) in [7, 11) is -1.23. The fourth-order valence-electron chi connectivity index (χ4n) is 6.97. The van der Waals surface area contributed by atoms with Crippen molar-refractivity contribution in [1.29, 1.82) is 0 Å². The third kappa shape index (κ3) is 21.9. The van der Waals surface area contributed by atoms with Gasteiger partial charge in [0.15, 0.2) is 0 Å². The van der Waals surface area contributed by atoms with Crippen molar-refractivity contribution in [3.63, 3.8) is 0 Å². The molecular formula is C36H77P. The molecule has 0 aliphatic heterocycles. The first-order valence-electron chi connectivity index (χ1n) is 18.2. The summed E-state index contributed by atoms with van der Waals surface area (Å²) in [6.07, 6.45) is 45.2. The Bertz CT molecular complexity index is 386. The normalized spacial score (nSPS) is 13.3. The zero-order chi connectivity index (χ0) is 27.3. The summed E-state index contributed by atoms with van der Waals surface area (Å²) in [5.41, 5.74) is 1.14. The number of unbranched alkanes of at least 4 members (excludes halogenated alkanes) is 20. The van der Waals surface area contributed by atoms with Crippen LogP contribution in [0.15, 0.2) is 0 Å². The van der Waals surface area contributed by atoms with Crippen LogP contribution >= 0.6 is 7.26 Å². The Labute approximate surface area is 239 Å². The van der Waals surface area contributed by atoms with E-state index in [1.54, 1.807) is 57.0 Å². The van der Waals surface area contributed by atoms with Gasteiger partial charge in [-0.05, 0) is 0 Å². The van der Waals surface area contributed by atoms with Crippen molar-refractivity contribution in [3.05, 3.63) is 0 Å². The van der Waals surface area contributed by atoms with Gasteiger partial charge >= 0.3 is 239 Å². The summed E-state index contributed by atoms with van der Waals surface area (Å²) >= 11 is 0. The molecule has 37 heavy (non-hydrogen) atoms. The van der Waals surface area contributed by atoms with Gasteiger partial charge in [0.1, 0.15) is 0 Å². The van der Waals surface area contributed by atoms with Crippen molar-refractivity contribution >= 4 is 7.26 Å². The summed E-state index contributed by atoms with van der Waals surface area (Å²) < 4.78 is 0. The van der Waals surface area contributed by atoms with Gasteiger partial charge in [0, 0.05) is 0 Å². The number of hydrogen-bond acceptors (Lipinski definition) is 0. The molecule has 1 heteroatoms. The molecule has 0 aromatic rings. The molecule has 0 fully saturated rings. The molecule has 0 rings (SSSR count). The molecule has 0 aromatic heterocycles. The van der Waals surface area contributed by atoms with Gasteiger partial charge in [-0.15, -0.1) is 0 Å². The molecule has 0 aliphatic carbocycles. The fraction of sp³-hybridized carbons (Fsp3) is 1.00. The van der Waals surface area contributed by atoms with E-state index in [0.717, 1.165) is 5.66 Å². The first-order valence-corrected chi connectivity index (χ1v) is 20.9. The average molecular weight is 541 g/mol. The van der Waals surface area contributed by atoms with E-state index < -0.39 is 7.26 Å². The first kappa shape index (κ1) is 37.4. The first-order chi connectivity index (χ1) is 18.2. The van der Waals surface area contributed by atoms with Crippen molar-refractivity contribution in [2.45, 2.75) is 214 Å². The average Bonchev–Trinajstić information content (AvgIpc) is 2.91. The molecule has 0 aromatic carbocycles. The molecule has 0 saturated carbocycles. The van der Waals surface area contributed by atoms with Crippen LogP contribution in [0.1, 0.15) is 208 Å². The van der Waals surface area contributed by atoms with E-state index in [2.05, 4.69) is 34.6 Å². The van der Waals surface area contributed by atoms with E-state index in [1.807, 2.05) is 0 Å². The molecule has 0 heterocycles. The Kier molecular flexibility index (Phi) is 29.8. The molecule has 0 aliphatic rings. The van der Waals surface area contributed by atoms with Gasteiger partial charge in [0.2, 0.25) is 0 Å². The van der Waals surface area contributed by atoms with Gasteiger partial charge in [-0.3, -0.25) is 0 Å². The molecule has 0 amide bonds. The number of rotatable bonds is 31. The molecule has 0 radical (unpaired) electrons. The van der Waals surface area contributed by atoms with Gasteiger partial charge in [-0.2, -0.15) is 0 Å². The van der Waals surface area contributed by atoms with Crippen LogP contribution < -0.4 is 0 Å². The van der Waals surface area contributed by atoms with Crippen LogP contribution in [0, 0.1) is 0 Å². The Hall–Kier alpha value is 0.430. The Morgan fingerprint density at radius 1 is 0.297 bits per heavy atom. The molecule has 0 saturated heterocycles. The van der Waals surface area contributed by atoms with Crippen LogP contribution in [0.25, 0.3) is 0 Å². The van der Waals surface area contributed by atoms with Crippen LogP contribution in [0.4, 0.5) is 0 Å². The summed E-state index contributed by atoms with van der Waals surface area (Å²) in [5.74, 6) is 0. The Morgan fingerprint density at radius 2 is 0.541 bits per heavy atom. The fourth-order valence-corrected chi connectivity index (χ4v) is 13.4. The third-order valence-corrected chi connectivity index (χ3v) is 15.9. The van der Waals surface area contributed by atoms with E-state index in [-0.39, 0.29) is 0 Å². The van der Waals surface area contributed by atoms with Crippen LogP contribution in [0.2, 0.25) is 0 Å². The van der Waals surface area contributed by atoms with Crippen molar-refractivity contribution < 1.29 is 0 Å². The van der Waals surface area contributed by atoms with E-state index in [1.165, 1.54) is 135 Å². The van der Waals surface area contributed by atoms with Gasteiger partial charge in [0.05, 0.1) is 0 Å². The van der Waals surface area contributed by atoms with Gasteiger partial charge < -0.3 is 0 Å². The van der Waals surface area contributed by atoms with E-state index >= 15 is 0 Å². The molecule has 0 nitrogen and oxygen atoms in total. The summed E-state index contributed by atoms with van der Waals surface area (Å²) in [4.78, 5) is 0. The molecular weight excluding hydrogens is 463 g/mol. The third-order valence-electron chi connectivity index (χ3n) is 9.51. The molecule has 0 spiro atoms. The van der Waals surface area contributed by atoms with Gasteiger partial charge in [-0.1, -0.05) is 0 Å². The Balaban J connectivity index is 5.29. The van der Waals surface area contributed by atoms with Crippen molar-refractivity contribution in [1.82, 2.24) is 0 Å². The summed E-state index contributed by atoms with van der Waals surface area (Å²) in [5, 5.41) is 0. The molecule has 0 bridgehead atoms. The molecule has 1 atom stereocenters. The van der Waals surface area contributed by atoms with E-state index in [4.69, 9.17) is 0 Å². The molecule has 1 unspecified atom stereocenters. The van der Waals surface area contributed by atoms with Crippen molar-refractivity contribution in [2.24, 2.45) is 0 Å². The second kappa shape index (κ2) is 29.4. The number of hydrogen-bond donors (Lipinski definition) is 0. The maximum atomic E-state index is 2.39. The zero-order valence-electron chi connectivity index (χ0n) is 27.3. The minimum absolute atomic E-state index is 1.14. The van der Waals surface area contributed by atoms with Crippen molar-refractivity contribution in [2.75, 3.05) is 18.5 Å². The van der Waals surface area contributed by atoms with Crippen molar-refractivity contribution in [3.8, 4) is 0 Å². The quantitative estimate of drug-likeness (QED) is 0.0605. The van der Waals surface area contributed by atoms with E-state index in [9.17, 15) is 0 Å². The second-order valence-corrected chi connectivity index (χ2v) is 18.0. The van der Waals surface area contributed by atoms with Gasteiger partial charge in [0.25, 0.3) is 0 Å². The zero-order valence-corrected chi connectivity index (χ0v) is 28.3. The Morgan fingerprint density at radius 3 is 0.865 bits per heavy atom. The van der Waals surface area contributed by atoms with Crippen LogP contribution in [-0.2, 0) is 0 Å². The van der Waals surface area contributed by atoms with Crippen LogP contribution in [0.3, 0.4) is 0 Å². The monoisotopic (exact) mass is 541 g/mol. The standard InChI is InChI=1S/C36H77P/c1-6-11-16-21-22-23-24-25-27-32-36(31-26-17-12-7-2)37(33-28-18-13-8-3,34-29-19-14-9-4)35-30-20-15-10-5/h36-37H,6-35H2,1-5H3. The molecule has 226 valence electrons. The topological polar surface area (TPSA) is 0 Å². The van der Waals surface area contributed by atoms with E-state index in [0.29, 0.717) is 0 Å². The van der Waals surface area contributed by atoms with Gasteiger partial charge in [-0.25, -0.2) is 0 Å². The predicted molar refractivity (Wildman–Crippen MR) is 180 cm³/mol. The van der Waals surface area contributed by atoms with Crippen LogP contribution in [0.5, 0.6) is 0 Å². The SMILES string of the molecule is CCCCCCCCCCCC(CCCCCC)[PH](CCCCCC)(CCCCCC)CCCCCC. The molecule has 0 N–H and O–H groups in total. The summed E-state index contributed by atoms with van der Waals surface area (Å²) in [6, 6.07) is 0. The summed E-state index contributed by atoms with van der Waals surface area (Å²) in [6.45, 7) is 11.9. The van der Waals surface area contributed by atoms with Crippen LogP contribution in [-0.4, -0.2) is 24.1 Å². The second-order valence-electron chi connectivity index (χ2n) is 13.0. The predicted octanol–water partition coefficient (Wildman–Crippen LogP) is 13.7. The minimum atomic E-state index is -1.23.